The van der Waals surface area contributed by atoms with Crippen LogP contribution in [0.3, 0.4) is 0 Å². The first-order valence-electron chi connectivity index (χ1n) is 8.57. The molecule has 0 aliphatic rings. The van der Waals surface area contributed by atoms with E-state index in [0.29, 0.717) is 28.0 Å². The normalized spacial score (nSPS) is 12.6. The number of nitrogens with two attached hydrogens (primary N) is 1. The summed E-state index contributed by atoms with van der Waals surface area (Å²) < 4.78 is 0. The number of carbonyl (C=O) groups is 2. The van der Waals surface area contributed by atoms with Gasteiger partial charge in [0.15, 0.2) is 0 Å². The highest BCUT2D eigenvalue weighted by molar-refractivity contribution is 7.18. The molecule has 0 aliphatic carbocycles. The molecule has 148 valence electrons. The fraction of sp³-hybridized carbons (Fsp3) is 0.368. The summed E-state index contributed by atoms with van der Waals surface area (Å²) in [6, 6.07) is 12.2. The lowest BCUT2D eigenvalue weighted by Crippen LogP contribution is -2.52. The molecule has 2 rings (SSSR count). The summed E-state index contributed by atoms with van der Waals surface area (Å²) in [5.74, 6) is 0.242. The number of anilines is 2. The second kappa shape index (κ2) is 10.3. The number of carbonyl (C=O) groups excluding carboxylic acids is 2. The van der Waals surface area contributed by atoms with E-state index in [0.717, 1.165) is 6.42 Å². The van der Waals surface area contributed by atoms with Gasteiger partial charge in [-0.3, -0.25) is 10.1 Å². The minimum Gasteiger partial charge on any atom is -0.345 e. The number of urea groups is 1. The van der Waals surface area contributed by atoms with Crippen molar-refractivity contribution in [3.63, 3.8) is 0 Å². The third-order valence-electron chi connectivity index (χ3n) is 3.82. The van der Waals surface area contributed by atoms with E-state index in [1.54, 1.807) is 24.3 Å². The second-order valence-electron chi connectivity index (χ2n) is 6.93. The standard InChI is InChI=1S/C19H26N4O2S.ClH/c1-13(2)11-19(3,12-20)23-17(24)15-9-10-16(26-15)22-18(25)21-14-7-5-4-6-8-14;/h4-10,13H,11-12,20H2,1-3H3,(H,23,24)(H2,21,22,25);1H. The highest BCUT2D eigenvalue weighted by Crippen LogP contribution is 2.24. The van der Waals surface area contributed by atoms with Crippen molar-refractivity contribution in [1.29, 1.82) is 0 Å². The van der Waals surface area contributed by atoms with E-state index in [-0.39, 0.29) is 24.3 Å². The van der Waals surface area contributed by atoms with Gasteiger partial charge in [-0.1, -0.05) is 32.0 Å². The Bertz CT molecular complexity index is 751. The van der Waals surface area contributed by atoms with E-state index in [1.165, 1.54) is 11.3 Å². The molecule has 27 heavy (non-hydrogen) atoms. The van der Waals surface area contributed by atoms with Crippen molar-refractivity contribution in [2.24, 2.45) is 11.7 Å². The summed E-state index contributed by atoms with van der Waals surface area (Å²) in [5.41, 5.74) is 6.10. The smallest absolute Gasteiger partial charge is 0.324 e. The van der Waals surface area contributed by atoms with Crippen LogP contribution < -0.4 is 21.7 Å². The van der Waals surface area contributed by atoms with Gasteiger partial charge in [-0.25, -0.2) is 4.79 Å². The predicted octanol–water partition coefficient (Wildman–Crippen LogP) is 4.31. The van der Waals surface area contributed by atoms with Crippen LogP contribution in [-0.2, 0) is 0 Å². The monoisotopic (exact) mass is 410 g/mol. The van der Waals surface area contributed by atoms with Gasteiger partial charge in [0, 0.05) is 12.2 Å². The Hall–Kier alpha value is -2.09. The van der Waals surface area contributed by atoms with E-state index in [9.17, 15) is 9.59 Å². The van der Waals surface area contributed by atoms with Crippen LogP contribution in [0.1, 0.15) is 36.9 Å². The molecule has 0 saturated carbocycles. The molecule has 2 aromatic rings. The van der Waals surface area contributed by atoms with Gasteiger partial charge in [0.25, 0.3) is 5.91 Å². The molecule has 0 spiro atoms. The Kier molecular flexibility index (Phi) is 8.75. The van der Waals surface area contributed by atoms with Crippen LogP contribution in [0, 0.1) is 5.92 Å². The molecule has 0 saturated heterocycles. The molecule has 3 amide bonds. The van der Waals surface area contributed by atoms with Crippen molar-refractivity contribution in [3.8, 4) is 0 Å². The highest BCUT2D eigenvalue weighted by atomic mass is 35.5. The molecule has 6 nitrogen and oxygen atoms in total. The van der Waals surface area contributed by atoms with Crippen molar-refractivity contribution >= 4 is 46.4 Å². The molecule has 0 aliphatic heterocycles. The summed E-state index contributed by atoms with van der Waals surface area (Å²) in [6.07, 6.45) is 0.797. The van der Waals surface area contributed by atoms with Crippen LogP contribution in [0.25, 0.3) is 0 Å². The Balaban J connectivity index is 0.00000364. The van der Waals surface area contributed by atoms with Gasteiger partial charge in [0.05, 0.1) is 15.4 Å². The lowest BCUT2D eigenvalue weighted by molar-refractivity contribution is 0.0902. The maximum absolute atomic E-state index is 12.5. The molecule has 0 bridgehead atoms. The van der Waals surface area contributed by atoms with Crippen LogP contribution in [0.5, 0.6) is 0 Å². The highest BCUT2D eigenvalue weighted by Gasteiger charge is 2.27. The van der Waals surface area contributed by atoms with Crippen molar-refractivity contribution in [3.05, 3.63) is 47.3 Å². The van der Waals surface area contributed by atoms with E-state index < -0.39 is 5.54 Å². The van der Waals surface area contributed by atoms with Crippen LogP contribution >= 0.6 is 23.7 Å². The topological polar surface area (TPSA) is 96.2 Å². The molecule has 5 N–H and O–H groups in total. The van der Waals surface area contributed by atoms with Crippen molar-refractivity contribution in [1.82, 2.24) is 5.32 Å². The fourth-order valence-electron chi connectivity index (χ4n) is 2.74. The van der Waals surface area contributed by atoms with Gasteiger partial charge in [-0.05, 0) is 43.5 Å². The van der Waals surface area contributed by atoms with Crippen LogP contribution in [0.4, 0.5) is 15.5 Å². The molecule has 1 heterocycles. The first-order chi connectivity index (χ1) is 12.3. The zero-order valence-electron chi connectivity index (χ0n) is 15.7. The average molecular weight is 411 g/mol. The zero-order valence-corrected chi connectivity index (χ0v) is 17.4. The molecule has 8 heteroatoms. The molecular formula is C19H27ClN4O2S. The molecule has 0 fully saturated rings. The summed E-state index contributed by atoms with van der Waals surface area (Å²) in [5, 5.41) is 9.09. The summed E-state index contributed by atoms with van der Waals surface area (Å²) >= 11 is 1.23. The number of hydrogen-bond acceptors (Lipinski definition) is 4. The second-order valence-corrected chi connectivity index (χ2v) is 8.01. The number of rotatable bonds is 7. The number of para-hydroxylation sites is 1. The SMILES string of the molecule is CC(C)CC(C)(CN)NC(=O)c1ccc(NC(=O)Nc2ccccc2)s1.Cl. The van der Waals surface area contributed by atoms with Crippen LogP contribution in [-0.4, -0.2) is 24.0 Å². The van der Waals surface area contributed by atoms with Gasteiger partial charge in [-0.2, -0.15) is 0 Å². The van der Waals surface area contributed by atoms with Gasteiger partial charge in [0.1, 0.15) is 0 Å². The minimum absolute atomic E-state index is 0. The molecule has 1 aromatic carbocycles. The molecule has 1 aromatic heterocycles. The maximum atomic E-state index is 12.5. The van der Waals surface area contributed by atoms with Gasteiger partial charge in [0.2, 0.25) is 0 Å². The lowest BCUT2D eigenvalue weighted by Gasteiger charge is -2.31. The quantitative estimate of drug-likeness (QED) is 0.547. The van der Waals surface area contributed by atoms with Crippen LogP contribution in [0.15, 0.2) is 42.5 Å². The van der Waals surface area contributed by atoms with Crippen molar-refractivity contribution < 1.29 is 9.59 Å². The van der Waals surface area contributed by atoms with E-state index >= 15 is 0 Å². The number of amides is 3. The average Bonchev–Trinajstić information content (AvgIpc) is 3.03. The van der Waals surface area contributed by atoms with E-state index in [4.69, 9.17) is 5.73 Å². The molecule has 1 unspecified atom stereocenters. The largest absolute Gasteiger partial charge is 0.345 e. The number of benzene rings is 1. The van der Waals surface area contributed by atoms with E-state index in [2.05, 4.69) is 29.8 Å². The summed E-state index contributed by atoms with van der Waals surface area (Å²) in [7, 11) is 0. The zero-order chi connectivity index (χ0) is 19.2. The third kappa shape index (κ3) is 7.21. The van der Waals surface area contributed by atoms with Gasteiger partial charge in [-0.15, -0.1) is 23.7 Å². The molecule has 0 radical (unpaired) electrons. The van der Waals surface area contributed by atoms with E-state index in [1.807, 2.05) is 25.1 Å². The first-order valence-corrected chi connectivity index (χ1v) is 9.38. The van der Waals surface area contributed by atoms with Gasteiger partial charge < -0.3 is 16.4 Å². The fourth-order valence-corrected chi connectivity index (χ4v) is 3.54. The number of thiophene rings is 1. The number of nitrogens with one attached hydrogen (secondary N) is 3. The Labute approximate surface area is 170 Å². The van der Waals surface area contributed by atoms with Gasteiger partial charge >= 0.3 is 6.03 Å². The maximum Gasteiger partial charge on any atom is 0.324 e. The Morgan fingerprint density at radius 3 is 2.37 bits per heavy atom. The number of halogens is 1. The predicted molar refractivity (Wildman–Crippen MR) is 115 cm³/mol. The number of hydrogen-bond donors (Lipinski definition) is 4. The van der Waals surface area contributed by atoms with Crippen molar-refractivity contribution in [2.45, 2.75) is 32.7 Å². The molecular weight excluding hydrogens is 384 g/mol. The summed E-state index contributed by atoms with van der Waals surface area (Å²) in [4.78, 5) is 25.1. The Morgan fingerprint density at radius 2 is 1.78 bits per heavy atom. The first kappa shape index (κ1) is 23.0. The third-order valence-corrected chi connectivity index (χ3v) is 4.82. The van der Waals surface area contributed by atoms with Crippen LogP contribution in [0.2, 0.25) is 0 Å². The van der Waals surface area contributed by atoms with Crippen molar-refractivity contribution in [2.75, 3.05) is 17.2 Å². The molecule has 1 atom stereocenters. The Morgan fingerprint density at radius 1 is 1.11 bits per heavy atom. The minimum atomic E-state index is -0.451. The summed E-state index contributed by atoms with van der Waals surface area (Å²) in [6.45, 7) is 6.51. The lowest BCUT2D eigenvalue weighted by atomic mass is 9.90.